The summed E-state index contributed by atoms with van der Waals surface area (Å²) >= 11 is 0. The highest BCUT2D eigenvalue weighted by Crippen LogP contribution is 2.34. The van der Waals surface area contributed by atoms with E-state index in [1.165, 1.54) is 32.1 Å². The Morgan fingerprint density at radius 1 is 1.03 bits per heavy atom. The topological polar surface area (TPSA) is 54.0 Å². The van der Waals surface area contributed by atoms with Crippen LogP contribution in [0.1, 0.15) is 49.4 Å². The maximum absolute atomic E-state index is 12.8. The van der Waals surface area contributed by atoms with E-state index in [4.69, 9.17) is 9.47 Å². The molecule has 1 saturated carbocycles. The zero-order chi connectivity index (χ0) is 20.1. The number of ether oxygens (including phenoxy) is 2. The molecule has 160 valence electrons. The van der Waals surface area contributed by atoms with E-state index in [1.54, 1.807) is 0 Å². The predicted molar refractivity (Wildman–Crippen MR) is 114 cm³/mol. The molecule has 0 atom stereocenters. The van der Waals surface area contributed by atoms with E-state index < -0.39 is 0 Å². The molecule has 2 aliphatic heterocycles. The summed E-state index contributed by atoms with van der Waals surface area (Å²) < 4.78 is 11.2. The minimum atomic E-state index is 0.115. The molecule has 1 aromatic rings. The molecule has 1 N–H and O–H groups in total. The number of hydrogen-bond acceptors (Lipinski definition) is 6. The fraction of sp³-hybridized carbons (Fsp3) is 0.696. The normalized spacial score (nSPS) is 22.4. The summed E-state index contributed by atoms with van der Waals surface area (Å²) in [6.07, 6.45) is 6.42. The molecule has 29 heavy (non-hydrogen) atoms. The van der Waals surface area contributed by atoms with Gasteiger partial charge in [-0.3, -0.25) is 9.69 Å². The van der Waals surface area contributed by atoms with E-state index in [2.05, 4.69) is 22.0 Å². The van der Waals surface area contributed by atoms with Crippen LogP contribution < -0.4 is 14.8 Å². The average molecular weight is 402 g/mol. The van der Waals surface area contributed by atoms with E-state index in [0.717, 1.165) is 45.0 Å². The minimum Gasteiger partial charge on any atom is -0.486 e. The van der Waals surface area contributed by atoms with Gasteiger partial charge in [-0.25, -0.2) is 0 Å². The summed E-state index contributed by atoms with van der Waals surface area (Å²) in [4.78, 5) is 18.0. The molecule has 0 aromatic heterocycles. The van der Waals surface area contributed by atoms with Crippen LogP contribution in [0.3, 0.4) is 0 Å². The molecular weight excluding hydrogens is 366 g/mol. The van der Waals surface area contributed by atoms with Crippen molar-refractivity contribution in [1.29, 1.82) is 0 Å². The van der Waals surface area contributed by atoms with Crippen LogP contribution in [0.15, 0.2) is 18.2 Å². The summed E-state index contributed by atoms with van der Waals surface area (Å²) in [5.74, 6) is 1.52. The second kappa shape index (κ2) is 9.45. The minimum absolute atomic E-state index is 0.115. The van der Waals surface area contributed by atoms with Crippen molar-refractivity contribution < 1.29 is 14.3 Å². The Morgan fingerprint density at radius 2 is 1.76 bits per heavy atom. The molecule has 1 aliphatic carbocycles. The second-order valence-electron chi connectivity index (χ2n) is 8.59. The van der Waals surface area contributed by atoms with E-state index in [-0.39, 0.29) is 11.3 Å². The van der Waals surface area contributed by atoms with Crippen LogP contribution in [0.2, 0.25) is 0 Å². The van der Waals surface area contributed by atoms with Gasteiger partial charge in [-0.05, 0) is 37.6 Å². The zero-order valence-electron chi connectivity index (χ0n) is 17.8. The molecule has 0 spiro atoms. The van der Waals surface area contributed by atoms with Gasteiger partial charge in [-0.2, -0.15) is 0 Å². The molecule has 0 bridgehead atoms. The lowest BCUT2D eigenvalue weighted by atomic mass is 9.79. The molecule has 0 amide bonds. The van der Waals surface area contributed by atoms with Gasteiger partial charge in [-0.15, -0.1) is 0 Å². The van der Waals surface area contributed by atoms with Crippen molar-refractivity contribution in [3.63, 3.8) is 0 Å². The first-order valence-corrected chi connectivity index (χ1v) is 11.3. The number of carbonyl (C=O) groups excluding carboxylic acids is 1. The molecule has 0 radical (unpaired) electrons. The van der Waals surface area contributed by atoms with Crippen LogP contribution in [-0.4, -0.2) is 80.1 Å². The molecule has 6 heteroatoms. The van der Waals surface area contributed by atoms with Crippen molar-refractivity contribution in [2.45, 2.75) is 44.6 Å². The summed E-state index contributed by atoms with van der Waals surface area (Å²) in [7, 11) is 0. The van der Waals surface area contributed by atoms with E-state index >= 15 is 0 Å². The van der Waals surface area contributed by atoms with Gasteiger partial charge in [0.1, 0.15) is 13.2 Å². The van der Waals surface area contributed by atoms with Crippen molar-refractivity contribution in [2.24, 2.45) is 0 Å². The number of nitrogens with one attached hydrogen (secondary N) is 1. The number of rotatable bonds is 7. The third kappa shape index (κ3) is 4.76. The van der Waals surface area contributed by atoms with E-state index in [1.807, 2.05) is 18.2 Å². The van der Waals surface area contributed by atoms with Crippen LogP contribution in [0, 0.1) is 0 Å². The quantitative estimate of drug-likeness (QED) is 0.709. The molecule has 0 unspecified atom stereocenters. The smallest absolute Gasteiger partial charge is 0.176 e. The number of carbonyl (C=O) groups is 1. The Bertz CT molecular complexity index is 695. The highest BCUT2D eigenvalue weighted by atomic mass is 16.6. The molecule has 2 heterocycles. The first kappa shape index (κ1) is 20.6. The monoisotopic (exact) mass is 401 g/mol. The molecule has 3 aliphatic rings. The van der Waals surface area contributed by atoms with Gasteiger partial charge in [0.25, 0.3) is 0 Å². The number of hydrogen-bond donors (Lipinski definition) is 1. The summed E-state index contributed by atoms with van der Waals surface area (Å²) in [5.41, 5.74) is 0.904. The molecule has 6 nitrogen and oxygen atoms in total. The number of piperazine rings is 1. The van der Waals surface area contributed by atoms with Gasteiger partial charge in [0.05, 0.1) is 6.54 Å². The first-order chi connectivity index (χ1) is 14.2. The largest absolute Gasteiger partial charge is 0.486 e. The Hall–Kier alpha value is -1.63. The van der Waals surface area contributed by atoms with Gasteiger partial charge in [0.15, 0.2) is 17.3 Å². The number of fused-ring (bicyclic) bond motifs is 1. The lowest BCUT2D eigenvalue weighted by molar-refractivity contribution is 0.00929. The standard InChI is InChI=1S/C23H35N3O3/c1-2-25-10-12-26(13-11-25)23(8-4-3-5-9-23)18-24-17-20(27)19-6-7-21-22(16-19)29-15-14-28-21/h6-7,16,24H,2-5,8-15,17-18H2,1H3. The average Bonchev–Trinajstić information content (AvgIpc) is 2.79. The predicted octanol–water partition coefficient (Wildman–Crippen LogP) is 2.57. The van der Waals surface area contributed by atoms with Gasteiger partial charge < -0.3 is 19.7 Å². The van der Waals surface area contributed by atoms with Crippen molar-refractivity contribution in [3.8, 4) is 11.5 Å². The van der Waals surface area contributed by atoms with Gasteiger partial charge in [-0.1, -0.05) is 26.2 Å². The van der Waals surface area contributed by atoms with Crippen LogP contribution in [0.25, 0.3) is 0 Å². The summed E-state index contributed by atoms with van der Waals surface area (Å²) in [5, 5.41) is 3.52. The third-order valence-electron chi connectivity index (χ3n) is 6.88. The molecule has 2 fully saturated rings. The highest BCUT2D eigenvalue weighted by Gasteiger charge is 2.38. The SMILES string of the molecule is CCN1CCN(C2(CNCC(=O)c3ccc4c(c3)OCCO4)CCCCC2)CC1. The second-order valence-corrected chi connectivity index (χ2v) is 8.59. The lowest BCUT2D eigenvalue weighted by Gasteiger charge is -2.50. The van der Waals surface area contributed by atoms with Gasteiger partial charge >= 0.3 is 0 Å². The zero-order valence-corrected chi connectivity index (χ0v) is 17.8. The van der Waals surface area contributed by atoms with Crippen LogP contribution in [0.4, 0.5) is 0 Å². The van der Waals surface area contributed by atoms with Crippen molar-refractivity contribution in [1.82, 2.24) is 15.1 Å². The Morgan fingerprint density at radius 3 is 2.48 bits per heavy atom. The Balaban J connectivity index is 1.35. The molecule has 1 saturated heterocycles. The molecule has 1 aromatic carbocycles. The maximum Gasteiger partial charge on any atom is 0.176 e. The van der Waals surface area contributed by atoms with E-state index in [0.29, 0.717) is 31.1 Å². The number of nitrogens with zero attached hydrogens (tertiary/aromatic N) is 2. The fourth-order valence-corrected chi connectivity index (χ4v) is 5.08. The molecular formula is C23H35N3O3. The Labute approximate surface area is 174 Å². The van der Waals surface area contributed by atoms with Crippen molar-refractivity contribution in [3.05, 3.63) is 23.8 Å². The number of Topliss-reactive ketones (excluding diaryl/α,β-unsaturated/α-hetero) is 1. The van der Waals surface area contributed by atoms with E-state index in [9.17, 15) is 4.79 Å². The van der Waals surface area contributed by atoms with Crippen LogP contribution in [0.5, 0.6) is 11.5 Å². The fourth-order valence-electron chi connectivity index (χ4n) is 5.08. The maximum atomic E-state index is 12.8. The third-order valence-corrected chi connectivity index (χ3v) is 6.88. The van der Waals surface area contributed by atoms with Gasteiger partial charge in [0.2, 0.25) is 0 Å². The number of benzene rings is 1. The van der Waals surface area contributed by atoms with Crippen molar-refractivity contribution >= 4 is 5.78 Å². The van der Waals surface area contributed by atoms with Gasteiger partial charge in [0, 0.05) is 43.8 Å². The van der Waals surface area contributed by atoms with Crippen molar-refractivity contribution in [2.75, 3.05) is 59.0 Å². The number of likely N-dealkylation sites (N-methyl/N-ethyl adjacent to an activating group) is 1. The Kier molecular flexibility index (Phi) is 6.73. The highest BCUT2D eigenvalue weighted by molar-refractivity contribution is 5.98. The summed E-state index contributed by atoms with van der Waals surface area (Å²) in [6, 6.07) is 5.51. The lowest BCUT2D eigenvalue weighted by Crippen LogP contribution is -2.61. The first-order valence-electron chi connectivity index (χ1n) is 11.3. The molecule has 4 rings (SSSR count). The van der Waals surface area contributed by atoms with Crippen LogP contribution in [-0.2, 0) is 0 Å². The summed E-state index contributed by atoms with van der Waals surface area (Å²) in [6.45, 7) is 10.4. The van der Waals surface area contributed by atoms with Crippen LogP contribution >= 0.6 is 0 Å². The number of ketones is 1.